The number of amides is 1. The summed E-state index contributed by atoms with van der Waals surface area (Å²) in [5.41, 5.74) is 2.10. The van der Waals surface area contributed by atoms with Gasteiger partial charge in [-0.25, -0.2) is 14.6 Å². The molecular weight excluding hydrogens is 390 g/mol. The number of rotatable bonds is 4. The van der Waals surface area contributed by atoms with Crippen molar-refractivity contribution >= 4 is 45.0 Å². The van der Waals surface area contributed by atoms with E-state index in [9.17, 15) is 9.59 Å². The lowest BCUT2D eigenvalue weighted by Crippen LogP contribution is -2.16. The number of aromatic nitrogens is 2. The van der Waals surface area contributed by atoms with Crippen LogP contribution in [0.3, 0.4) is 0 Å². The number of nitrogens with zero attached hydrogens (tertiary/aromatic N) is 2. The number of benzene rings is 2. The first-order chi connectivity index (χ1) is 12.0. The summed E-state index contributed by atoms with van der Waals surface area (Å²) in [5.74, 6) is -0.790. The van der Waals surface area contributed by atoms with Crippen LogP contribution in [-0.4, -0.2) is 26.7 Å². The molecule has 0 aliphatic heterocycles. The molecule has 0 aliphatic rings. The molecule has 3 aromatic rings. The van der Waals surface area contributed by atoms with E-state index in [0.29, 0.717) is 15.5 Å². The predicted octanol–water partition coefficient (Wildman–Crippen LogP) is 3.78. The van der Waals surface area contributed by atoms with Crippen LogP contribution in [0.15, 0.2) is 46.9 Å². The molecule has 0 bridgehead atoms. The van der Waals surface area contributed by atoms with Crippen molar-refractivity contribution in [1.29, 1.82) is 0 Å². The summed E-state index contributed by atoms with van der Waals surface area (Å²) in [6, 6.07) is 12.2. The van der Waals surface area contributed by atoms with Crippen LogP contribution in [0, 0.1) is 0 Å². The van der Waals surface area contributed by atoms with Crippen LogP contribution in [0.5, 0.6) is 0 Å². The number of ether oxygens (including phenoxy) is 1. The second-order valence-electron chi connectivity index (χ2n) is 5.31. The number of carbonyl (C=O) groups excluding carboxylic acids is 1. The summed E-state index contributed by atoms with van der Waals surface area (Å²) in [7, 11) is 1.72. The summed E-state index contributed by atoms with van der Waals surface area (Å²) in [4.78, 5) is 27.4. The fraction of sp³-hybridized carbons (Fsp3) is 0.118. The smallest absolute Gasteiger partial charge is 0.414 e. The molecule has 2 N–H and O–H groups in total. The number of carboxylic acid groups (broad SMARTS) is 1. The molecule has 1 amide bonds. The highest BCUT2D eigenvalue weighted by Crippen LogP contribution is 2.28. The van der Waals surface area contributed by atoms with Crippen LogP contribution in [0.2, 0.25) is 0 Å². The van der Waals surface area contributed by atoms with Gasteiger partial charge in [-0.1, -0.05) is 30.3 Å². The van der Waals surface area contributed by atoms with Crippen LogP contribution in [0.25, 0.3) is 11.0 Å². The van der Waals surface area contributed by atoms with Gasteiger partial charge in [0.25, 0.3) is 0 Å². The Balaban J connectivity index is 1.79. The Morgan fingerprint density at radius 1 is 1.28 bits per heavy atom. The van der Waals surface area contributed by atoms with Crippen LogP contribution in [-0.2, 0) is 18.4 Å². The zero-order valence-corrected chi connectivity index (χ0v) is 14.8. The number of carbonyl (C=O) groups is 2. The Bertz CT molecular complexity index is 953. The quantitative estimate of drug-likeness (QED) is 0.690. The largest absolute Gasteiger partial charge is 0.478 e. The van der Waals surface area contributed by atoms with E-state index in [2.05, 4.69) is 26.2 Å². The number of aryl methyl sites for hydroxylation is 1. The third-order valence-corrected chi connectivity index (χ3v) is 4.20. The molecule has 0 unspecified atom stereocenters. The molecule has 0 saturated heterocycles. The number of carboxylic acids is 1. The van der Waals surface area contributed by atoms with Crippen LogP contribution < -0.4 is 5.32 Å². The molecule has 2 aromatic carbocycles. The second-order valence-corrected chi connectivity index (χ2v) is 6.17. The van der Waals surface area contributed by atoms with Crippen LogP contribution in [0.4, 0.5) is 10.7 Å². The molecule has 128 valence electrons. The summed E-state index contributed by atoms with van der Waals surface area (Å²) >= 11 is 3.34. The third kappa shape index (κ3) is 3.63. The summed E-state index contributed by atoms with van der Waals surface area (Å²) < 4.78 is 7.39. The van der Waals surface area contributed by atoms with Gasteiger partial charge in [-0.05, 0) is 33.6 Å². The number of nitrogens with one attached hydrogen (secondary N) is 1. The summed E-state index contributed by atoms with van der Waals surface area (Å²) in [6.07, 6.45) is -0.642. The van der Waals surface area contributed by atoms with Gasteiger partial charge in [-0.3, -0.25) is 5.32 Å². The predicted molar refractivity (Wildman–Crippen MR) is 95.6 cm³/mol. The number of fused-ring (bicyclic) bond motifs is 1. The van der Waals surface area contributed by atoms with Crippen molar-refractivity contribution in [1.82, 2.24) is 9.55 Å². The normalized spacial score (nSPS) is 10.6. The van der Waals surface area contributed by atoms with Gasteiger partial charge in [0.05, 0.1) is 16.6 Å². The molecule has 0 atom stereocenters. The molecule has 1 heterocycles. The van der Waals surface area contributed by atoms with Gasteiger partial charge >= 0.3 is 12.1 Å². The van der Waals surface area contributed by atoms with Crippen molar-refractivity contribution in [2.75, 3.05) is 5.32 Å². The molecule has 0 radical (unpaired) electrons. The number of hydrogen-bond donors (Lipinski definition) is 2. The van der Waals surface area contributed by atoms with Gasteiger partial charge in [0, 0.05) is 11.5 Å². The van der Waals surface area contributed by atoms with Gasteiger partial charge in [-0.15, -0.1) is 0 Å². The molecule has 0 saturated carbocycles. The van der Waals surface area contributed by atoms with Gasteiger partial charge in [0.2, 0.25) is 5.95 Å². The van der Waals surface area contributed by atoms with E-state index in [1.807, 2.05) is 30.3 Å². The first kappa shape index (κ1) is 17.0. The van der Waals surface area contributed by atoms with Gasteiger partial charge < -0.3 is 14.4 Å². The molecule has 0 spiro atoms. The van der Waals surface area contributed by atoms with Crippen molar-refractivity contribution in [3.8, 4) is 0 Å². The highest BCUT2D eigenvalue weighted by molar-refractivity contribution is 9.10. The first-order valence-electron chi connectivity index (χ1n) is 7.32. The lowest BCUT2D eigenvalue weighted by molar-refractivity contribution is 0.0697. The molecule has 25 heavy (non-hydrogen) atoms. The Morgan fingerprint density at radius 2 is 2.00 bits per heavy atom. The van der Waals surface area contributed by atoms with Crippen molar-refractivity contribution in [2.45, 2.75) is 6.61 Å². The molecule has 3 rings (SSSR count). The van der Waals surface area contributed by atoms with E-state index >= 15 is 0 Å². The number of halogens is 1. The van der Waals surface area contributed by atoms with Gasteiger partial charge in [0.1, 0.15) is 6.61 Å². The van der Waals surface area contributed by atoms with E-state index in [4.69, 9.17) is 9.84 Å². The van der Waals surface area contributed by atoms with E-state index in [1.54, 1.807) is 11.6 Å². The maximum absolute atomic E-state index is 12.0. The minimum absolute atomic E-state index is 0.107. The summed E-state index contributed by atoms with van der Waals surface area (Å²) in [6.45, 7) is 0.142. The monoisotopic (exact) mass is 403 g/mol. The minimum atomic E-state index is -1.05. The number of imidazole rings is 1. The SMILES string of the molecule is Cn1c(NC(=O)OCc2ccccc2)nc2cc(C(=O)O)cc(Br)c21. The zero-order chi connectivity index (χ0) is 18.0. The maximum Gasteiger partial charge on any atom is 0.414 e. The van der Waals surface area contributed by atoms with Crippen molar-refractivity contribution in [2.24, 2.45) is 7.05 Å². The van der Waals surface area contributed by atoms with Crippen molar-refractivity contribution in [3.05, 3.63) is 58.1 Å². The summed E-state index contributed by atoms with van der Waals surface area (Å²) in [5, 5.41) is 11.7. The second kappa shape index (κ2) is 6.94. The molecule has 8 heteroatoms. The Hall–Kier alpha value is -2.87. The lowest BCUT2D eigenvalue weighted by Gasteiger charge is -2.07. The van der Waals surface area contributed by atoms with Gasteiger partial charge in [0.15, 0.2) is 0 Å². The number of aromatic carboxylic acids is 1. The average molecular weight is 404 g/mol. The zero-order valence-electron chi connectivity index (χ0n) is 13.2. The third-order valence-electron chi connectivity index (χ3n) is 3.60. The van der Waals surface area contributed by atoms with Crippen LogP contribution in [0.1, 0.15) is 15.9 Å². The van der Waals surface area contributed by atoms with Gasteiger partial charge in [-0.2, -0.15) is 0 Å². The number of anilines is 1. The minimum Gasteiger partial charge on any atom is -0.478 e. The highest BCUT2D eigenvalue weighted by atomic mass is 79.9. The van der Waals surface area contributed by atoms with E-state index in [0.717, 1.165) is 5.56 Å². The topological polar surface area (TPSA) is 93.5 Å². The Kier molecular flexibility index (Phi) is 4.71. The maximum atomic E-state index is 12.0. The fourth-order valence-corrected chi connectivity index (χ4v) is 3.10. The van der Waals surface area contributed by atoms with Crippen molar-refractivity contribution in [3.63, 3.8) is 0 Å². The average Bonchev–Trinajstić information content (AvgIpc) is 2.90. The molecule has 1 aromatic heterocycles. The van der Waals surface area contributed by atoms with Crippen molar-refractivity contribution < 1.29 is 19.4 Å². The molecule has 0 aliphatic carbocycles. The molecule has 0 fully saturated rings. The van der Waals surface area contributed by atoms with E-state index in [1.165, 1.54) is 12.1 Å². The molecular formula is C17H14BrN3O4. The van der Waals surface area contributed by atoms with E-state index in [-0.39, 0.29) is 18.1 Å². The standard InChI is InChI=1S/C17H14BrN3O4/c1-21-14-12(18)7-11(15(22)23)8-13(14)19-16(21)20-17(24)25-9-10-5-3-2-4-6-10/h2-8H,9H2,1H3,(H,22,23)(H,19,20,24). The van der Waals surface area contributed by atoms with Crippen LogP contribution >= 0.6 is 15.9 Å². The fourth-order valence-electron chi connectivity index (χ4n) is 2.38. The number of hydrogen-bond acceptors (Lipinski definition) is 4. The first-order valence-corrected chi connectivity index (χ1v) is 8.12. The Labute approximate surface area is 151 Å². The lowest BCUT2D eigenvalue weighted by atomic mass is 10.2. The van der Waals surface area contributed by atoms with E-state index < -0.39 is 12.1 Å². The Morgan fingerprint density at radius 3 is 2.68 bits per heavy atom. The highest BCUT2D eigenvalue weighted by Gasteiger charge is 2.16. The molecule has 7 nitrogen and oxygen atoms in total.